The minimum Gasteiger partial charge on any atom is -0.398 e. The second kappa shape index (κ2) is 4.75. The Labute approximate surface area is 119 Å². The lowest BCUT2D eigenvalue weighted by Gasteiger charge is -2.08. The van der Waals surface area contributed by atoms with Gasteiger partial charge in [-0.05, 0) is 17.7 Å². The first kappa shape index (κ1) is 12.9. The van der Waals surface area contributed by atoms with E-state index in [4.69, 9.17) is 17.2 Å². The molecule has 0 atom stereocenters. The summed E-state index contributed by atoms with van der Waals surface area (Å²) in [5.41, 5.74) is 19.8. The number of anilines is 2. The third-order valence-electron chi connectivity index (χ3n) is 3.20. The molecule has 106 valence electrons. The Kier molecular flexibility index (Phi) is 2.90. The number of fused-ring (bicyclic) bond motifs is 1. The fraction of sp³-hybridized carbons (Fsp3) is 0.0769. The maximum Gasteiger partial charge on any atom is 0.248 e. The number of primary amides is 1. The van der Waals surface area contributed by atoms with Gasteiger partial charge in [0.05, 0.1) is 12.9 Å². The Morgan fingerprint density at radius 2 is 2.00 bits per heavy atom. The average molecular weight is 283 g/mol. The van der Waals surface area contributed by atoms with Gasteiger partial charge in [-0.15, -0.1) is 0 Å². The van der Waals surface area contributed by atoms with Crippen LogP contribution in [0.4, 0.5) is 11.5 Å². The third-order valence-corrected chi connectivity index (χ3v) is 3.20. The van der Waals surface area contributed by atoms with E-state index in [2.05, 4.69) is 15.0 Å². The molecule has 0 aliphatic carbocycles. The molecule has 2 aromatic heterocycles. The molecule has 0 unspecified atom stereocenters. The fourth-order valence-electron chi connectivity index (χ4n) is 2.09. The van der Waals surface area contributed by atoms with E-state index in [9.17, 15) is 4.79 Å². The van der Waals surface area contributed by atoms with Crippen LogP contribution in [0.2, 0.25) is 0 Å². The summed E-state index contributed by atoms with van der Waals surface area (Å²) in [6.45, 7) is 0.456. The summed E-state index contributed by atoms with van der Waals surface area (Å²) in [5.74, 6) is -0.183. The van der Waals surface area contributed by atoms with Gasteiger partial charge in [-0.25, -0.2) is 15.0 Å². The molecule has 8 nitrogen and oxygen atoms in total. The quantitative estimate of drug-likeness (QED) is 0.584. The highest BCUT2D eigenvalue weighted by atomic mass is 16.1. The number of hydrogen-bond donors (Lipinski definition) is 3. The molecule has 2 heterocycles. The first-order valence-electron chi connectivity index (χ1n) is 6.16. The van der Waals surface area contributed by atoms with Crippen molar-refractivity contribution >= 4 is 28.6 Å². The Balaban J connectivity index is 1.99. The molecule has 0 radical (unpaired) electrons. The van der Waals surface area contributed by atoms with E-state index in [0.717, 1.165) is 5.56 Å². The number of amides is 1. The minimum absolute atomic E-state index is 0.329. The van der Waals surface area contributed by atoms with Crippen LogP contribution in [0, 0.1) is 0 Å². The zero-order valence-corrected chi connectivity index (χ0v) is 11.0. The summed E-state index contributed by atoms with van der Waals surface area (Å²) in [4.78, 5) is 23.4. The molecule has 8 heteroatoms. The van der Waals surface area contributed by atoms with Crippen LogP contribution in [0.3, 0.4) is 0 Å². The first-order valence-corrected chi connectivity index (χ1v) is 6.16. The zero-order chi connectivity index (χ0) is 15.0. The van der Waals surface area contributed by atoms with E-state index in [-0.39, 0.29) is 0 Å². The predicted octanol–water partition coefficient (Wildman–Crippen LogP) is 0.138. The molecule has 6 N–H and O–H groups in total. The fourth-order valence-corrected chi connectivity index (χ4v) is 2.09. The van der Waals surface area contributed by atoms with Crippen LogP contribution in [0.1, 0.15) is 15.9 Å². The SMILES string of the molecule is NC(=O)c1ccc(Cn2cnc3c(N)ncnc32)c(N)c1. The molecule has 3 rings (SSSR count). The summed E-state index contributed by atoms with van der Waals surface area (Å²) in [7, 11) is 0. The molecule has 0 saturated heterocycles. The molecule has 0 bridgehead atoms. The van der Waals surface area contributed by atoms with E-state index in [1.165, 1.54) is 6.33 Å². The number of nitrogens with zero attached hydrogens (tertiary/aromatic N) is 4. The van der Waals surface area contributed by atoms with Crippen molar-refractivity contribution in [3.05, 3.63) is 42.0 Å². The number of benzene rings is 1. The second-order valence-electron chi connectivity index (χ2n) is 4.58. The molecule has 21 heavy (non-hydrogen) atoms. The van der Waals surface area contributed by atoms with Gasteiger partial charge in [0.15, 0.2) is 11.5 Å². The van der Waals surface area contributed by atoms with Crippen molar-refractivity contribution < 1.29 is 4.79 Å². The summed E-state index contributed by atoms with van der Waals surface area (Å²) >= 11 is 0. The monoisotopic (exact) mass is 283 g/mol. The van der Waals surface area contributed by atoms with Crippen LogP contribution in [-0.4, -0.2) is 25.4 Å². The zero-order valence-electron chi connectivity index (χ0n) is 11.0. The van der Waals surface area contributed by atoms with Crippen molar-refractivity contribution in [2.75, 3.05) is 11.5 Å². The van der Waals surface area contributed by atoms with Crippen LogP contribution in [-0.2, 0) is 6.54 Å². The summed E-state index contributed by atoms with van der Waals surface area (Å²) < 4.78 is 1.81. The van der Waals surface area contributed by atoms with Crippen LogP contribution in [0.15, 0.2) is 30.9 Å². The van der Waals surface area contributed by atoms with Crippen molar-refractivity contribution in [1.82, 2.24) is 19.5 Å². The molecule has 1 aromatic carbocycles. The van der Waals surface area contributed by atoms with Crippen LogP contribution in [0.5, 0.6) is 0 Å². The number of aromatic nitrogens is 4. The van der Waals surface area contributed by atoms with Gasteiger partial charge >= 0.3 is 0 Å². The summed E-state index contributed by atoms with van der Waals surface area (Å²) in [6.07, 6.45) is 3.01. The molecular formula is C13H13N7O. The van der Waals surface area contributed by atoms with E-state index < -0.39 is 5.91 Å². The van der Waals surface area contributed by atoms with Crippen LogP contribution < -0.4 is 17.2 Å². The third kappa shape index (κ3) is 2.22. The Bertz CT molecular complexity index is 840. The van der Waals surface area contributed by atoms with Crippen molar-refractivity contribution in [3.63, 3.8) is 0 Å². The summed E-state index contributed by atoms with van der Waals surface area (Å²) in [6, 6.07) is 4.95. The number of imidazole rings is 1. The van der Waals surface area contributed by atoms with Gasteiger partial charge in [0, 0.05) is 11.3 Å². The molecule has 0 spiro atoms. The Morgan fingerprint density at radius 1 is 1.19 bits per heavy atom. The van der Waals surface area contributed by atoms with Crippen LogP contribution >= 0.6 is 0 Å². The van der Waals surface area contributed by atoms with Gasteiger partial charge in [-0.3, -0.25) is 4.79 Å². The second-order valence-corrected chi connectivity index (χ2v) is 4.58. The maximum absolute atomic E-state index is 11.1. The van der Waals surface area contributed by atoms with E-state index >= 15 is 0 Å². The smallest absolute Gasteiger partial charge is 0.248 e. The molecule has 0 aliphatic heterocycles. The van der Waals surface area contributed by atoms with E-state index in [1.807, 2.05) is 4.57 Å². The number of nitrogen functional groups attached to an aromatic ring is 2. The minimum atomic E-state index is -0.512. The number of rotatable bonds is 3. The standard InChI is InChI=1S/C13H13N7O/c14-9-3-7(12(16)21)1-2-8(9)4-20-6-19-10-11(15)17-5-18-13(10)20/h1-3,5-6H,4,14H2,(H2,16,21)(H2,15,17,18). The van der Waals surface area contributed by atoms with Gasteiger partial charge in [0.1, 0.15) is 11.8 Å². The van der Waals surface area contributed by atoms with Crippen molar-refractivity contribution in [3.8, 4) is 0 Å². The Hall–Kier alpha value is -3.16. The molecule has 0 saturated carbocycles. The topological polar surface area (TPSA) is 139 Å². The van der Waals surface area contributed by atoms with Crippen molar-refractivity contribution in [2.24, 2.45) is 5.73 Å². The summed E-state index contributed by atoms with van der Waals surface area (Å²) in [5, 5.41) is 0. The lowest BCUT2D eigenvalue weighted by atomic mass is 10.1. The molecule has 0 aliphatic rings. The van der Waals surface area contributed by atoms with Crippen LogP contribution in [0.25, 0.3) is 11.2 Å². The largest absolute Gasteiger partial charge is 0.398 e. The number of carbonyl (C=O) groups excluding carboxylic acids is 1. The van der Waals surface area contributed by atoms with E-state index in [1.54, 1.807) is 24.5 Å². The highest BCUT2D eigenvalue weighted by molar-refractivity contribution is 5.93. The molecular weight excluding hydrogens is 270 g/mol. The highest BCUT2D eigenvalue weighted by Gasteiger charge is 2.10. The lowest BCUT2D eigenvalue weighted by Crippen LogP contribution is -2.12. The average Bonchev–Trinajstić information content (AvgIpc) is 2.85. The van der Waals surface area contributed by atoms with Crippen molar-refractivity contribution in [2.45, 2.75) is 6.54 Å². The lowest BCUT2D eigenvalue weighted by molar-refractivity contribution is 0.100. The van der Waals surface area contributed by atoms with Gasteiger partial charge in [0.2, 0.25) is 5.91 Å². The predicted molar refractivity (Wildman–Crippen MR) is 78.2 cm³/mol. The maximum atomic E-state index is 11.1. The highest BCUT2D eigenvalue weighted by Crippen LogP contribution is 2.19. The van der Waals surface area contributed by atoms with Crippen molar-refractivity contribution in [1.29, 1.82) is 0 Å². The number of carbonyl (C=O) groups is 1. The number of nitrogens with two attached hydrogens (primary N) is 3. The Morgan fingerprint density at radius 3 is 2.71 bits per heavy atom. The number of hydrogen-bond acceptors (Lipinski definition) is 6. The normalized spacial score (nSPS) is 10.9. The molecule has 3 aromatic rings. The van der Waals surface area contributed by atoms with Gasteiger partial charge in [-0.2, -0.15) is 0 Å². The van der Waals surface area contributed by atoms with Gasteiger partial charge < -0.3 is 21.8 Å². The first-order chi connectivity index (χ1) is 10.1. The van der Waals surface area contributed by atoms with Gasteiger partial charge in [-0.1, -0.05) is 6.07 Å². The molecule has 1 amide bonds. The van der Waals surface area contributed by atoms with E-state index in [0.29, 0.717) is 34.8 Å². The molecule has 0 fully saturated rings. The van der Waals surface area contributed by atoms with Gasteiger partial charge in [0.25, 0.3) is 0 Å².